The first-order valence-corrected chi connectivity index (χ1v) is 7.61. The van der Waals surface area contributed by atoms with Gasteiger partial charge in [0.1, 0.15) is 10.9 Å². The number of nitrogens with zero attached hydrogens (tertiary/aromatic N) is 3. The third kappa shape index (κ3) is 4.38. The number of fused-ring (bicyclic) bond motifs is 1. The van der Waals surface area contributed by atoms with Crippen molar-refractivity contribution in [3.8, 4) is 5.75 Å². The highest BCUT2D eigenvalue weighted by Gasteiger charge is 2.30. The SMILES string of the molecule is Clc1cc(C2CC2)c2nccn2n1.FC(F)(F)Oc1ccccc1. The third-order valence-corrected chi connectivity index (χ3v) is 3.54. The van der Waals surface area contributed by atoms with E-state index in [0.717, 1.165) is 5.65 Å². The van der Waals surface area contributed by atoms with E-state index in [4.69, 9.17) is 11.6 Å². The predicted molar refractivity (Wildman–Crippen MR) is 83.1 cm³/mol. The van der Waals surface area contributed by atoms with Crippen molar-refractivity contribution in [2.24, 2.45) is 0 Å². The Bertz CT molecular complexity index is 816. The molecule has 4 nitrogen and oxygen atoms in total. The normalized spacial score (nSPS) is 14.2. The molecular formula is C16H13ClF3N3O. The number of imidazole rings is 1. The lowest BCUT2D eigenvalue weighted by Gasteiger charge is -2.07. The largest absolute Gasteiger partial charge is 0.573 e. The van der Waals surface area contributed by atoms with Crippen LogP contribution in [0.4, 0.5) is 13.2 Å². The monoisotopic (exact) mass is 355 g/mol. The third-order valence-electron chi connectivity index (χ3n) is 3.35. The molecule has 0 unspecified atom stereocenters. The van der Waals surface area contributed by atoms with Gasteiger partial charge in [0, 0.05) is 18.0 Å². The molecule has 24 heavy (non-hydrogen) atoms. The van der Waals surface area contributed by atoms with Gasteiger partial charge in [-0.3, -0.25) is 0 Å². The first-order valence-electron chi connectivity index (χ1n) is 7.23. The van der Waals surface area contributed by atoms with Gasteiger partial charge in [0.15, 0.2) is 5.65 Å². The van der Waals surface area contributed by atoms with Gasteiger partial charge in [0.25, 0.3) is 0 Å². The van der Waals surface area contributed by atoms with E-state index >= 15 is 0 Å². The molecule has 1 saturated carbocycles. The summed E-state index contributed by atoms with van der Waals surface area (Å²) in [4.78, 5) is 4.26. The first kappa shape index (κ1) is 16.6. The van der Waals surface area contributed by atoms with Crippen LogP contribution in [0.15, 0.2) is 48.8 Å². The lowest BCUT2D eigenvalue weighted by molar-refractivity contribution is -0.274. The minimum atomic E-state index is -4.60. The second-order valence-electron chi connectivity index (χ2n) is 5.25. The van der Waals surface area contributed by atoms with Gasteiger partial charge in [-0.25, -0.2) is 9.50 Å². The van der Waals surface area contributed by atoms with Crippen molar-refractivity contribution in [2.75, 3.05) is 0 Å². The van der Waals surface area contributed by atoms with E-state index in [2.05, 4.69) is 14.8 Å². The van der Waals surface area contributed by atoms with Crippen LogP contribution in [0, 0.1) is 0 Å². The molecule has 1 aromatic carbocycles. The number of rotatable bonds is 2. The molecule has 0 spiro atoms. The number of hydrogen-bond acceptors (Lipinski definition) is 3. The van der Waals surface area contributed by atoms with E-state index in [9.17, 15) is 13.2 Å². The molecule has 3 aromatic rings. The van der Waals surface area contributed by atoms with Crippen molar-refractivity contribution in [1.82, 2.24) is 14.6 Å². The average Bonchev–Trinajstić information content (AvgIpc) is 3.25. The molecule has 1 aliphatic carbocycles. The zero-order valence-electron chi connectivity index (χ0n) is 12.4. The van der Waals surface area contributed by atoms with Crippen LogP contribution < -0.4 is 4.74 Å². The average molecular weight is 356 g/mol. The minimum absolute atomic E-state index is 0.194. The lowest BCUT2D eigenvalue weighted by Crippen LogP contribution is -2.16. The molecule has 1 fully saturated rings. The first-order chi connectivity index (χ1) is 11.4. The maximum Gasteiger partial charge on any atom is 0.573 e. The highest BCUT2D eigenvalue weighted by molar-refractivity contribution is 6.29. The van der Waals surface area contributed by atoms with Crippen LogP contribution in [0.2, 0.25) is 5.15 Å². The van der Waals surface area contributed by atoms with Crippen LogP contribution in [0.3, 0.4) is 0 Å². The van der Waals surface area contributed by atoms with Gasteiger partial charge < -0.3 is 4.74 Å². The molecule has 0 bridgehead atoms. The zero-order valence-corrected chi connectivity index (χ0v) is 13.1. The fourth-order valence-electron chi connectivity index (χ4n) is 2.23. The van der Waals surface area contributed by atoms with Gasteiger partial charge in [0.05, 0.1) is 0 Å². The second-order valence-corrected chi connectivity index (χ2v) is 5.64. The number of aromatic nitrogens is 3. The molecule has 2 heterocycles. The summed E-state index contributed by atoms with van der Waals surface area (Å²) in [6.45, 7) is 0. The van der Waals surface area contributed by atoms with Crippen LogP contribution in [-0.4, -0.2) is 21.0 Å². The summed E-state index contributed by atoms with van der Waals surface area (Å²) in [7, 11) is 0. The number of alkyl halides is 3. The Balaban J connectivity index is 0.000000144. The van der Waals surface area contributed by atoms with Gasteiger partial charge in [-0.2, -0.15) is 5.10 Å². The van der Waals surface area contributed by atoms with Gasteiger partial charge >= 0.3 is 6.36 Å². The summed E-state index contributed by atoms with van der Waals surface area (Å²) in [6, 6.07) is 8.98. The van der Waals surface area contributed by atoms with Gasteiger partial charge in [-0.1, -0.05) is 29.8 Å². The summed E-state index contributed by atoms with van der Waals surface area (Å²) in [5.41, 5.74) is 2.19. The van der Waals surface area contributed by atoms with Crippen molar-refractivity contribution in [3.63, 3.8) is 0 Å². The van der Waals surface area contributed by atoms with Crippen LogP contribution in [0.5, 0.6) is 5.75 Å². The second kappa shape index (κ2) is 6.68. The van der Waals surface area contributed by atoms with Crippen molar-refractivity contribution in [3.05, 3.63) is 59.5 Å². The number of ether oxygens (including phenoxy) is 1. The predicted octanol–water partition coefficient (Wildman–Crippen LogP) is 4.85. The zero-order chi connectivity index (χ0) is 17.2. The fraction of sp³-hybridized carbons (Fsp3) is 0.250. The van der Waals surface area contributed by atoms with E-state index in [1.165, 1.54) is 42.7 Å². The van der Waals surface area contributed by atoms with E-state index in [-0.39, 0.29) is 5.75 Å². The standard InChI is InChI=1S/C9H8ClN3.C7H5F3O/c10-8-5-7(6-1-2-6)9-11-3-4-13(9)12-8;8-7(9,10)11-6-4-2-1-3-5-6/h3-6H,1-2H2;1-5H. The molecule has 0 aliphatic heterocycles. The van der Waals surface area contributed by atoms with Crippen molar-refractivity contribution in [1.29, 1.82) is 0 Å². The van der Waals surface area contributed by atoms with Gasteiger partial charge in [0.2, 0.25) is 0 Å². The van der Waals surface area contributed by atoms with E-state index in [1.807, 2.05) is 12.3 Å². The molecule has 4 rings (SSSR count). The van der Waals surface area contributed by atoms with E-state index in [0.29, 0.717) is 11.1 Å². The maximum absolute atomic E-state index is 11.5. The smallest absolute Gasteiger partial charge is 0.406 e. The summed E-state index contributed by atoms with van der Waals surface area (Å²) in [5, 5.41) is 4.67. The lowest BCUT2D eigenvalue weighted by atomic mass is 10.2. The van der Waals surface area contributed by atoms with Crippen LogP contribution >= 0.6 is 11.6 Å². The molecule has 0 radical (unpaired) electrons. The number of halogens is 4. The molecule has 126 valence electrons. The Hall–Kier alpha value is -2.28. The molecule has 8 heteroatoms. The molecule has 0 atom stereocenters. The van der Waals surface area contributed by atoms with E-state index < -0.39 is 6.36 Å². The summed E-state index contributed by atoms with van der Waals surface area (Å²) >= 11 is 5.89. The summed E-state index contributed by atoms with van der Waals surface area (Å²) in [5.74, 6) is 0.463. The van der Waals surface area contributed by atoms with Gasteiger partial charge in [-0.15, -0.1) is 13.2 Å². The Morgan fingerprint density at radius 3 is 2.50 bits per heavy atom. The molecule has 0 amide bonds. The Morgan fingerprint density at radius 2 is 1.88 bits per heavy atom. The van der Waals surface area contributed by atoms with Crippen LogP contribution in [-0.2, 0) is 0 Å². The van der Waals surface area contributed by atoms with Crippen molar-refractivity contribution < 1.29 is 17.9 Å². The Kier molecular flexibility index (Phi) is 4.62. The number of hydrogen-bond donors (Lipinski definition) is 0. The summed E-state index contributed by atoms with van der Waals surface area (Å²) in [6.07, 6.45) is 1.49. The summed E-state index contributed by atoms with van der Waals surface area (Å²) < 4.78 is 39.9. The van der Waals surface area contributed by atoms with E-state index in [1.54, 1.807) is 16.8 Å². The quantitative estimate of drug-likeness (QED) is 0.660. The van der Waals surface area contributed by atoms with Gasteiger partial charge in [-0.05, 0) is 37.0 Å². The molecular weight excluding hydrogens is 343 g/mol. The minimum Gasteiger partial charge on any atom is -0.406 e. The fourth-order valence-corrected chi connectivity index (χ4v) is 2.42. The van der Waals surface area contributed by atoms with Crippen LogP contribution in [0.25, 0.3) is 5.65 Å². The molecule has 0 N–H and O–H groups in total. The number of benzene rings is 1. The molecule has 1 aliphatic rings. The van der Waals surface area contributed by atoms with Crippen molar-refractivity contribution >= 4 is 17.2 Å². The van der Waals surface area contributed by atoms with Crippen molar-refractivity contribution in [2.45, 2.75) is 25.1 Å². The Morgan fingerprint density at radius 1 is 1.17 bits per heavy atom. The molecule has 0 saturated heterocycles. The van der Waals surface area contributed by atoms with Crippen LogP contribution in [0.1, 0.15) is 24.3 Å². The molecule has 2 aromatic heterocycles. The maximum atomic E-state index is 11.5. The highest BCUT2D eigenvalue weighted by Crippen LogP contribution is 2.41. The highest BCUT2D eigenvalue weighted by atomic mass is 35.5. The number of para-hydroxylation sites is 1. The topological polar surface area (TPSA) is 39.4 Å². The Labute approximate surface area is 140 Å².